The van der Waals surface area contributed by atoms with Gasteiger partial charge in [-0.15, -0.1) is 0 Å². The minimum Gasteiger partial charge on any atom is -0.361 e. The van der Waals surface area contributed by atoms with Crippen molar-refractivity contribution in [3.63, 3.8) is 0 Å². The normalized spacial score (nSPS) is 12.2. The van der Waals surface area contributed by atoms with Crippen LogP contribution in [0.5, 0.6) is 0 Å². The predicted octanol–water partition coefficient (Wildman–Crippen LogP) is 0.938. The minimum absolute atomic E-state index is 0.0216. The van der Waals surface area contributed by atoms with Gasteiger partial charge in [-0.25, -0.2) is 14.3 Å². The van der Waals surface area contributed by atoms with Gasteiger partial charge in [-0.1, -0.05) is 24.8 Å². The van der Waals surface area contributed by atoms with E-state index in [2.05, 4.69) is 39.7 Å². The summed E-state index contributed by atoms with van der Waals surface area (Å²) in [6, 6.07) is 0.979. The van der Waals surface area contributed by atoms with Gasteiger partial charge in [0.05, 0.1) is 6.33 Å². The van der Waals surface area contributed by atoms with Crippen LogP contribution in [0.4, 0.5) is 0 Å². The topological polar surface area (TPSA) is 121 Å². The van der Waals surface area contributed by atoms with Gasteiger partial charge in [-0.05, 0) is 13.0 Å². The van der Waals surface area contributed by atoms with Gasteiger partial charge >= 0.3 is 5.69 Å². The molecule has 3 rings (SSSR count). The molecule has 0 saturated carbocycles. The van der Waals surface area contributed by atoms with Crippen LogP contribution in [0.15, 0.2) is 20.4 Å². The van der Waals surface area contributed by atoms with E-state index in [0.717, 1.165) is 10.6 Å². The van der Waals surface area contributed by atoms with Crippen LogP contribution in [0.1, 0.15) is 11.7 Å². The van der Waals surface area contributed by atoms with Crippen LogP contribution in [0.25, 0.3) is 11.2 Å². The maximum atomic E-state index is 12.8. The number of nitrogens with one attached hydrogen (secondary N) is 1. The molecule has 0 aliphatic heterocycles. The highest BCUT2D eigenvalue weighted by atomic mass is 28.3. The predicted molar refractivity (Wildman–Crippen MR) is 96.9 cm³/mol. The Bertz CT molecular complexity index is 1030. The molecule has 0 aromatic carbocycles. The SMILES string of the molecule is Cc1noc(Cn2c(=O)c3[nH]cnc3n(COCC[Si](C)(C)C)c2=O)n1. The molecule has 0 fully saturated rings. The van der Waals surface area contributed by atoms with Crippen molar-refractivity contribution in [2.24, 2.45) is 0 Å². The summed E-state index contributed by atoms with van der Waals surface area (Å²) in [7, 11) is -1.24. The maximum Gasteiger partial charge on any atom is 0.335 e. The molecule has 0 atom stereocenters. The average Bonchev–Trinajstić information content (AvgIpc) is 3.19. The highest BCUT2D eigenvalue weighted by molar-refractivity contribution is 6.76. The van der Waals surface area contributed by atoms with Crippen molar-refractivity contribution >= 4 is 19.2 Å². The summed E-state index contributed by atoms with van der Waals surface area (Å²) in [5.74, 6) is 0.623. The number of nitrogens with zero attached hydrogens (tertiary/aromatic N) is 5. The quantitative estimate of drug-likeness (QED) is 0.480. The summed E-state index contributed by atoms with van der Waals surface area (Å²) in [5, 5.41) is 3.68. The van der Waals surface area contributed by atoms with Crippen molar-refractivity contribution in [3.05, 3.63) is 38.9 Å². The van der Waals surface area contributed by atoms with Crippen molar-refractivity contribution in [3.8, 4) is 0 Å². The summed E-state index contributed by atoms with van der Waals surface area (Å²) in [5.41, 5.74) is -0.518. The molecule has 140 valence electrons. The number of hydrogen-bond acceptors (Lipinski definition) is 7. The summed E-state index contributed by atoms with van der Waals surface area (Å²) in [6.45, 7) is 8.88. The number of aromatic amines is 1. The molecule has 0 radical (unpaired) electrons. The number of rotatable bonds is 7. The summed E-state index contributed by atoms with van der Waals surface area (Å²) in [4.78, 5) is 36.3. The lowest BCUT2D eigenvalue weighted by Crippen LogP contribution is -2.41. The second-order valence-corrected chi connectivity index (χ2v) is 12.9. The fourth-order valence-electron chi connectivity index (χ4n) is 2.44. The van der Waals surface area contributed by atoms with Crippen LogP contribution in [0, 0.1) is 6.92 Å². The zero-order chi connectivity index (χ0) is 18.9. The van der Waals surface area contributed by atoms with E-state index in [0.29, 0.717) is 12.4 Å². The molecule has 11 heteroatoms. The standard InChI is InChI=1S/C15H22N6O4Si/c1-10-18-11(25-19-10)7-20-14(22)12-13(17-8-16-12)21(15(20)23)9-24-5-6-26(2,3)4/h8H,5-7,9H2,1-4H3,(H,16,17). The Hall–Kier alpha value is -2.53. The Morgan fingerprint density at radius 2 is 2.04 bits per heavy atom. The average molecular weight is 378 g/mol. The number of H-pyrrole nitrogens is 1. The van der Waals surface area contributed by atoms with E-state index in [1.165, 1.54) is 10.9 Å². The van der Waals surface area contributed by atoms with E-state index in [-0.39, 0.29) is 30.3 Å². The molecule has 0 saturated heterocycles. The second-order valence-electron chi connectivity index (χ2n) is 7.29. The first-order chi connectivity index (χ1) is 12.3. The van der Waals surface area contributed by atoms with E-state index in [1.807, 2.05) is 0 Å². The zero-order valence-electron chi connectivity index (χ0n) is 15.3. The van der Waals surface area contributed by atoms with Crippen molar-refractivity contribution in [1.29, 1.82) is 0 Å². The smallest absolute Gasteiger partial charge is 0.335 e. The van der Waals surface area contributed by atoms with Gasteiger partial charge in [0.15, 0.2) is 11.5 Å². The summed E-state index contributed by atoms with van der Waals surface area (Å²) < 4.78 is 13.1. The van der Waals surface area contributed by atoms with Gasteiger partial charge < -0.3 is 14.2 Å². The van der Waals surface area contributed by atoms with E-state index >= 15 is 0 Å². The lowest BCUT2D eigenvalue weighted by molar-refractivity contribution is 0.0854. The number of aromatic nitrogens is 6. The van der Waals surface area contributed by atoms with E-state index in [9.17, 15) is 9.59 Å². The molecule has 0 spiro atoms. The molecule has 10 nitrogen and oxygen atoms in total. The van der Waals surface area contributed by atoms with Crippen LogP contribution >= 0.6 is 0 Å². The molecule has 0 bridgehead atoms. The fraction of sp³-hybridized carbons (Fsp3) is 0.533. The van der Waals surface area contributed by atoms with E-state index in [4.69, 9.17) is 9.26 Å². The van der Waals surface area contributed by atoms with Gasteiger partial charge in [0, 0.05) is 14.7 Å². The van der Waals surface area contributed by atoms with Crippen molar-refractivity contribution in [2.75, 3.05) is 6.61 Å². The van der Waals surface area contributed by atoms with Crippen molar-refractivity contribution < 1.29 is 9.26 Å². The molecule has 3 aromatic heterocycles. The third-order valence-electron chi connectivity index (χ3n) is 3.88. The van der Waals surface area contributed by atoms with Crippen LogP contribution in [-0.2, 0) is 18.0 Å². The summed E-state index contributed by atoms with van der Waals surface area (Å²) in [6.07, 6.45) is 1.38. The summed E-state index contributed by atoms with van der Waals surface area (Å²) >= 11 is 0. The molecular formula is C15H22N6O4Si. The van der Waals surface area contributed by atoms with Gasteiger partial charge in [-0.3, -0.25) is 9.36 Å². The monoisotopic (exact) mass is 378 g/mol. The Morgan fingerprint density at radius 1 is 1.27 bits per heavy atom. The van der Waals surface area contributed by atoms with Gasteiger partial charge in [0.1, 0.15) is 18.8 Å². The first kappa shape index (κ1) is 18.3. The molecular weight excluding hydrogens is 356 g/mol. The third kappa shape index (κ3) is 3.83. The van der Waals surface area contributed by atoms with Crippen molar-refractivity contribution in [2.45, 2.75) is 45.9 Å². The number of aryl methyl sites for hydroxylation is 1. The Morgan fingerprint density at radius 3 is 2.69 bits per heavy atom. The van der Waals surface area contributed by atoms with Crippen LogP contribution in [-0.4, -0.2) is 43.9 Å². The minimum atomic E-state index is -1.24. The number of fused-ring (bicyclic) bond motifs is 1. The highest BCUT2D eigenvalue weighted by Gasteiger charge is 2.18. The van der Waals surface area contributed by atoms with Gasteiger partial charge in [-0.2, -0.15) is 4.98 Å². The first-order valence-corrected chi connectivity index (χ1v) is 12.0. The fourth-order valence-corrected chi connectivity index (χ4v) is 3.19. The molecule has 0 aliphatic carbocycles. The first-order valence-electron chi connectivity index (χ1n) is 8.30. The van der Waals surface area contributed by atoms with Crippen LogP contribution in [0.2, 0.25) is 25.7 Å². The largest absolute Gasteiger partial charge is 0.361 e. The van der Waals surface area contributed by atoms with Crippen LogP contribution < -0.4 is 11.2 Å². The van der Waals surface area contributed by atoms with Gasteiger partial charge in [0.2, 0.25) is 5.89 Å². The van der Waals surface area contributed by atoms with Gasteiger partial charge in [0.25, 0.3) is 5.56 Å². The Kier molecular flexibility index (Phi) is 4.91. The van der Waals surface area contributed by atoms with E-state index < -0.39 is 19.3 Å². The molecule has 0 unspecified atom stereocenters. The van der Waals surface area contributed by atoms with Crippen LogP contribution in [0.3, 0.4) is 0 Å². The number of imidazole rings is 1. The number of hydrogen-bond donors (Lipinski definition) is 1. The Balaban J connectivity index is 1.93. The highest BCUT2D eigenvalue weighted by Crippen LogP contribution is 2.08. The van der Waals surface area contributed by atoms with E-state index in [1.54, 1.807) is 6.92 Å². The maximum absolute atomic E-state index is 12.8. The van der Waals surface area contributed by atoms with Crippen molar-refractivity contribution in [1.82, 2.24) is 29.2 Å². The zero-order valence-corrected chi connectivity index (χ0v) is 16.3. The lowest BCUT2D eigenvalue weighted by atomic mass is 10.5. The molecule has 26 heavy (non-hydrogen) atoms. The second kappa shape index (κ2) is 7.00. The third-order valence-corrected chi connectivity index (χ3v) is 5.58. The number of ether oxygens (including phenoxy) is 1. The molecule has 3 aromatic rings. The molecule has 1 N–H and O–H groups in total. The molecule has 3 heterocycles. The Labute approximate surface area is 149 Å². The molecule has 0 aliphatic rings. The lowest BCUT2D eigenvalue weighted by Gasteiger charge is -2.16. The molecule has 0 amide bonds.